The standard InChI is InChI=1S/C29H34N2O3/c1-27(2)14-19-13-22-25(32)26(33)23(31(3)4)15-28(22)11-12-29(19,34-28)21-10-9-20(24(21)27)18-7-5-17(16-30)6-8-18/h5-9,13-14,21,23-26,32-33H,10-12,15H2,1-4H3. The molecular weight excluding hydrogens is 424 g/mol. The van der Waals surface area contributed by atoms with Crippen molar-refractivity contribution < 1.29 is 14.9 Å². The maximum atomic E-state index is 11.2. The number of aliphatic hydroxyl groups is 2. The third-order valence-electron chi connectivity index (χ3n) is 9.45. The summed E-state index contributed by atoms with van der Waals surface area (Å²) in [6.07, 6.45) is 8.70. The Morgan fingerprint density at radius 2 is 1.85 bits per heavy atom. The summed E-state index contributed by atoms with van der Waals surface area (Å²) in [5, 5.41) is 31.3. The van der Waals surface area contributed by atoms with Gasteiger partial charge < -0.3 is 19.8 Å². The van der Waals surface area contributed by atoms with Crippen molar-refractivity contribution in [3.05, 3.63) is 64.8 Å². The Labute approximate surface area is 202 Å². The minimum atomic E-state index is -0.908. The van der Waals surface area contributed by atoms with Crippen molar-refractivity contribution in [2.75, 3.05) is 14.1 Å². The number of rotatable bonds is 2. The lowest BCUT2D eigenvalue weighted by atomic mass is 9.57. The fourth-order valence-electron chi connectivity index (χ4n) is 7.90. The molecule has 2 spiro atoms. The molecule has 1 saturated carbocycles. The van der Waals surface area contributed by atoms with Crippen LogP contribution in [-0.2, 0) is 4.74 Å². The van der Waals surface area contributed by atoms with Crippen molar-refractivity contribution >= 4 is 5.57 Å². The highest BCUT2D eigenvalue weighted by Crippen LogP contribution is 2.67. The predicted molar refractivity (Wildman–Crippen MR) is 131 cm³/mol. The lowest BCUT2D eigenvalue weighted by Crippen LogP contribution is -2.62. The third-order valence-corrected chi connectivity index (χ3v) is 9.45. The van der Waals surface area contributed by atoms with Crippen LogP contribution in [0.2, 0.25) is 0 Å². The van der Waals surface area contributed by atoms with Crippen molar-refractivity contribution in [2.45, 2.75) is 69.0 Å². The molecule has 3 aliphatic carbocycles. The van der Waals surface area contributed by atoms with Gasteiger partial charge in [0.2, 0.25) is 0 Å². The topological polar surface area (TPSA) is 76.7 Å². The highest BCUT2D eigenvalue weighted by atomic mass is 16.5. The van der Waals surface area contributed by atoms with Gasteiger partial charge in [-0.05, 0) is 85.5 Å². The Balaban J connectivity index is 1.44. The number of fused-ring (bicyclic) bond motifs is 1. The van der Waals surface area contributed by atoms with Crippen LogP contribution < -0.4 is 0 Å². The highest BCUT2D eigenvalue weighted by Gasteiger charge is 2.67. The Hall–Kier alpha value is -2.23. The molecular formula is C29H34N2O3. The van der Waals surface area contributed by atoms with Gasteiger partial charge in [-0.2, -0.15) is 5.26 Å². The van der Waals surface area contributed by atoms with Crippen LogP contribution in [0.3, 0.4) is 0 Å². The first-order valence-corrected chi connectivity index (χ1v) is 12.5. The van der Waals surface area contributed by atoms with Gasteiger partial charge in [0.05, 0.1) is 28.9 Å². The van der Waals surface area contributed by atoms with Crippen LogP contribution in [0, 0.1) is 28.6 Å². The van der Waals surface area contributed by atoms with Gasteiger partial charge >= 0.3 is 0 Å². The number of aliphatic hydroxyl groups excluding tert-OH is 2. The van der Waals surface area contributed by atoms with E-state index in [4.69, 9.17) is 4.74 Å². The average Bonchev–Trinajstić information content (AvgIpc) is 3.40. The van der Waals surface area contributed by atoms with Crippen molar-refractivity contribution in [1.82, 2.24) is 4.90 Å². The summed E-state index contributed by atoms with van der Waals surface area (Å²) in [5.74, 6) is 0.644. The van der Waals surface area contributed by atoms with E-state index in [0.717, 1.165) is 24.8 Å². The molecule has 5 nitrogen and oxygen atoms in total. The minimum Gasteiger partial charge on any atom is -0.388 e. The maximum absolute atomic E-state index is 11.2. The lowest BCUT2D eigenvalue weighted by Gasteiger charge is -2.56. The first kappa shape index (κ1) is 22.2. The van der Waals surface area contributed by atoms with Crippen LogP contribution in [-0.4, -0.2) is 58.7 Å². The summed E-state index contributed by atoms with van der Waals surface area (Å²) in [6.45, 7) is 4.60. The summed E-state index contributed by atoms with van der Waals surface area (Å²) in [5.41, 5.74) is 4.33. The molecule has 2 aliphatic heterocycles. The molecule has 0 amide bonds. The van der Waals surface area contributed by atoms with Crippen LogP contribution in [0.4, 0.5) is 0 Å². The van der Waals surface area contributed by atoms with E-state index in [1.807, 2.05) is 31.1 Å². The molecule has 5 aliphatic rings. The molecule has 2 N–H and O–H groups in total. The number of nitriles is 1. The molecule has 2 fully saturated rings. The zero-order valence-electron chi connectivity index (χ0n) is 20.5. The average molecular weight is 459 g/mol. The van der Waals surface area contributed by atoms with Gasteiger partial charge in [0.25, 0.3) is 0 Å². The second-order valence-corrected chi connectivity index (χ2v) is 11.8. The molecule has 7 atom stereocenters. The molecule has 7 unspecified atom stereocenters. The normalized spacial score (nSPS) is 41.6. The van der Waals surface area contributed by atoms with Crippen LogP contribution in [0.1, 0.15) is 50.7 Å². The molecule has 178 valence electrons. The SMILES string of the molecule is CN(C)C1CC23CCC4(O2)C(=CC(C)(C)C2C(c5ccc(C#N)cc5)=CCC24)C=C3C(O)C1O. The fourth-order valence-corrected chi connectivity index (χ4v) is 7.90. The largest absolute Gasteiger partial charge is 0.388 e. The second-order valence-electron chi connectivity index (χ2n) is 11.8. The molecule has 34 heavy (non-hydrogen) atoms. The number of nitrogens with zero attached hydrogens (tertiary/aromatic N) is 2. The summed E-state index contributed by atoms with van der Waals surface area (Å²) >= 11 is 0. The number of benzene rings is 1. The molecule has 1 aromatic carbocycles. The predicted octanol–water partition coefficient (Wildman–Crippen LogP) is 3.83. The van der Waals surface area contributed by atoms with E-state index in [1.165, 1.54) is 16.7 Å². The first-order valence-electron chi connectivity index (χ1n) is 12.5. The van der Waals surface area contributed by atoms with E-state index in [1.54, 1.807) is 0 Å². The van der Waals surface area contributed by atoms with E-state index in [0.29, 0.717) is 23.8 Å². The van der Waals surface area contributed by atoms with E-state index >= 15 is 0 Å². The Bertz CT molecular complexity index is 1170. The van der Waals surface area contributed by atoms with Gasteiger partial charge in [0, 0.05) is 12.0 Å². The number of likely N-dealkylation sites (N-methyl/N-ethyl adjacent to an activating group) is 1. The van der Waals surface area contributed by atoms with Gasteiger partial charge in [-0.25, -0.2) is 0 Å². The van der Waals surface area contributed by atoms with Crippen molar-refractivity contribution in [2.24, 2.45) is 17.3 Å². The molecule has 1 aromatic rings. The van der Waals surface area contributed by atoms with Crippen molar-refractivity contribution in [3.63, 3.8) is 0 Å². The van der Waals surface area contributed by atoms with Gasteiger partial charge in [-0.3, -0.25) is 0 Å². The first-order chi connectivity index (χ1) is 16.1. The molecule has 2 heterocycles. The van der Waals surface area contributed by atoms with E-state index < -0.39 is 17.8 Å². The molecule has 2 bridgehead atoms. The van der Waals surface area contributed by atoms with Crippen molar-refractivity contribution in [1.29, 1.82) is 5.26 Å². The quantitative estimate of drug-likeness (QED) is 0.705. The molecule has 0 aromatic heterocycles. The molecule has 0 radical (unpaired) electrons. The molecule has 1 saturated heterocycles. The lowest BCUT2D eigenvalue weighted by molar-refractivity contribution is -0.160. The Kier molecular flexibility index (Phi) is 4.68. The molecule has 5 heteroatoms. The van der Waals surface area contributed by atoms with Crippen molar-refractivity contribution in [3.8, 4) is 6.07 Å². The fraction of sp³-hybridized carbons (Fsp3) is 0.552. The Morgan fingerprint density at radius 1 is 1.12 bits per heavy atom. The highest BCUT2D eigenvalue weighted by molar-refractivity contribution is 5.73. The summed E-state index contributed by atoms with van der Waals surface area (Å²) in [7, 11) is 3.93. The van der Waals surface area contributed by atoms with Crippen LogP contribution in [0.25, 0.3) is 5.57 Å². The van der Waals surface area contributed by atoms with E-state index in [2.05, 4.69) is 50.3 Å². The van der Waals surface area contributed by atoms with Crippen LogP contribution in [0.5, 0.6) is 0 Å². The number of ether oxygens (including phenoxy) is 1. The number of hydrogen-bond donors (Lipinski definition) is 2. The Morgan fingerprint density at radius 3 is 2.53 bits per heavy atom. The second kappa shape index (κ2) is 7.15. The third kappa shape index (κ3) is 2.80. The van der Waals surface area contributed by atoms with Gasteiger partial charge in [0.15, 0.2) is 0 Å². The van der Waals surface area contributed by atoms with E-state index in [-0.39, 0.29) is 17.1 Å². The van der Waals surface area contributed by atoms with Crippen LogP contribution >= 0.6 is 0 Å². The summed E-state index contributed by atoms with van der Waals surface area (Å²) in [6, 6.07) is 10.1. The van der Waals surface area contributed by atoms with Gasteiger partial charge in [-0.15, -0.1) is 0 Å². The summed E-state index contributed by atoms with van der Waals surface area (Å²) in [4.78, 5) is 2.02. The van der Waals surface area contributed by atoms with Gasteiger partial charge in [-0.1, -0.05) is 44.2 Å². The van der Waals surface area contributed by atoms with Crippen LogP contribution in [0.15, 0.2) is 53.6 Å². The summed E-state index contributed by atoms with van der Waals surface area (Å²) < 4.78 is 7.20. The van der Waals surface area contributed by atoms with Gasteiger partial charge in [0.1, 0.15) is 6.10 Å². The molecule has 6 rings (SSSR count). The number of hydrogen-bond acceptors (Lipinski definition) is 5. The maximum Gasteiger partial charge on any atom is 0.105 e. The number of allylic oxidation sites excluding steroid dienone is 3. The van der Waals surface area contributed by atoms with E-state index in [9.17, 15) is 15.5 Å². The minimum absolute atomic E-state index is 0.0884. The smallest absolute Gasteiger partial charge is 0.105 e. The zero-order chi connectivity index (χ0) is 24.0. The zero-order valence-corrected chi connectivity index (χ0v) is 20.5. The monoisotopic (exact) mass is 458 g/mol.